The largest absolute Gasteiger partial charge is 0.353 e. The van der Waals surface area contributed by atoms with Crippen molar-refractivity contribution in [2.45, 2.75) is 32.2 Å². The molecule has 0 radical (unpaired) electrons. The van der Waals surface area contributed by atoms with Crippen LogP contribution in [0, 0.1) is 0 Å². The van der Waals surface area contributed by atoms with Gasteiger partial charge in [0.25, 0.3) is 5.56 Å². The lowest BCUT2D eigenvalue weighted by Gasteiger charge is -2.19. The van der Waals surface area contributed by atoms with E-state index in [4.69, 9.17) is 0 Å². The van der Waals surface area contributed by atoms with E-state index >= 15 is 0 Å². The first-order valence-corrected chi connectivity index (χ1v) is 7.40. The van der Waals surface area contributed by atoms with E-state index in [0.29, 0.717) is 6.54 Å². The Labute approximate surface area is 119 Å². The Kier molecular flexibility index (Phi) is 5.80. The monoisotopic (exact) mass is 277 g/mol. The normalized spacial score (nSPS) is 16.6. The fourth-order valence-electron chi connectivity index (χ4n) is 2.52. The molecule has 1 aromatic rings. The maximum absolute atomic E-state index is 11.8. The number of nitrogens with zero attached hydrogens (tertiary/aromatic N) is 2. The van der Waals surface area contributed by atoms with E-state index in [9.17, 15) is 9.59 Å². The smallest absolute Gasteiger partial charge is 0.250 e. The summed E-state index contributed by atoms with van der Waals surface area (Å²) in [7, 11) is 0. The van der Waals surface area contributed by atoms with Gasteiger partial charge in [-0.2, -0.15) is 0 Å². The molecule has 1 N–H and O–H groups in total. The van der Waals surface area contributed by atoms with E-state index in [1.54, 1.807) is 18.3 Å². The second-order valence-corrected chi connectivity index (χ2v) is 5.27. The molecule has 2 rings (SSSR count). The molecular formula is C15H23N3O2. The standard InChI is InChI=1S/C15H23N3O2/c19-14(13-18-11-6-3-7-15(18)20)16-8-12-17-9-4-1-2-5-10-17/h3,6-7,11H,1-2,4-5,8-10,12-13H2,(H,16,19). The van der Waals surface area contributed by atoms with E-state index in [0.717, 1.165) is 19.6 Å². The lowest BCUT2D eigenvalue weighted by Crippen LogP contribution is -2.38. The minimum Gasteiger partial charge on any atom is -0.353 e. The molecule has 0 atom stereocenters. The number of carbonyl (C=O) groups excluding carboxylic acids is 1. The number of pyridine rings is 1. The maximum atomic E-state index is 11.8. The summed E-state index contributed by atoms with van der Waals surface area (Å²) in [6, 6.07) is 4.90. The zero-order valence-electron chi connectivity index (χ0n) is 11.9. The average Bonchev–Trinajstić information content (AvgIpc) is 2.70. The van der Waals surface area contributed by atoms with Gasteiger partial charge in [-0.1, -0.05) is 18.9 Å². The van der Waals surface area contributed by atoms with Crippen LogP contribution in [0.1, 0.15) is 25.7 Å². The van der Waals surface area contributed by atoms with Crippen molar-refractivity contribution in [1.82, 2.24) is 14.8 Å². The Morgan fingerprint density at radius 3 is 2.60 bits per heavy atom. The van der Waals surface area contributed by atoms with Gasteiger partial charge in [-0.25, -0.2) is 0 Å². The lowest BCUT2D eigenvalue weighted by atomic mass is 10.2. The summed E-state index contributed by atoms with van der Waals surface area (Å²) < 4.78 is 1.42. The third kappa shape index (κ3) is 4.81. The van der Waals surface area contributed by atoms with Crippen molar-refractivity contribution >= 4 is 5.91 Å². The summed E-state index contributed by atoms with van der Waals surface area (Å²) >= 11 is 0. The van der Waals surface area contributed by atoms with Crippen LogP contribution in [0.5, 0.6) is 0 Å². The van der Waals surface area contributed by atoms with Crippen LogP contribution in [0.3, 0.4) is 0 Å². The van der Waals surface area contributed by atoms with Crippen molar-refractivity contribution in [2.75, 3.05) is 26.2 Å². The van der Waals surface area contributed by atoms with Gasteiger partial charge in [-0.05, 0) is 32.0 Å². The fourth-order valence-corrected chi connectivity index (χ4v) is 2.52. The molecule has 0 aromatic carbocycles. The maximum Gasteiger partial charge on any atom is 0.250 e. The van der Waals surface area contributed by atoms with Gasteiger partial charge in [0, 0.05) is 25.4 Å². The highest BCUT2D eigenvalue weighted by molar-refractivity contribution is 5.75. The number of hydrogen-bond donors (Lipinski definition) is 1. The molecule has 5 nitrogen and oxygen atoms in total. The van der Waals surface area contributed by atoms with Gasteiger partial charge < -0.3 is 14.8 Å². The van der Waals surface area contributed by atoms with E-state index in [1.165, 1.54) is 36.3 Å². The topological polar surface area (TPSA) is 54.3 Å². The molecule has 0 unspecified atom stereocenters. The third-order valence-electron chi connectivity index (χ3n) is 3.66. The predicted octanol–water partition coefficient (Wildman–Crippen LogP) is 0.840. The van der Waals surface area contributed by atoms with E-state index < -0.39 is 0 Å². The van der Waals surface area contributed by atoms with Gasteiger partial charge in [0.1, 0.15) is 6.54 Å². The number of nitrogens with one attached hydrogen (secondary N) is 1. The molecule has 20 heavy (non-hydrogen) atoms. The van der Waals surface area contributed by atoms with Crippen LogP contribution in [-0.2, 0) is 11.3 Å². The Morgan fingerprint density at radius 1 is 1.15 bits per heavy atom. The van der Waals surface area contributed by atoms with Crippen LogP contribution >= 0.6 is 0 Å². The van der Waals surface area contributed by atoms with E-state index in [2.05, 4.69) is 10.2 Å². The van der Waals surface area contributed by atoms with Gasteiger partial charge in [0.2, 0.25) is 5.91 Å². The Morgan fingerprint density at radius 2 is 1.90 bits per heavy atom. The molecule has 1 fully saturated rings. The molecule has 1 aromatic heterocycles. The zero-order valence-corrected chi connectivity index (χ0v) is 11.9. The van der Waals surface area contributed by atoms with Crippen LogP contribution in [0.2, 0.25) is 0 Å². The molecule has 0 saturated carbocycles. The van der Waals surface area contributed by atoms with Crippen molar-refractivity contribution in [3.8, 4) is 0 Å². The van der Waals surface area contributed by atoms with Crippen LogP contribution in [0.25, 0.3) is 0 Å². The quantitative estimate of drug-likeness (QED) is 0.868. The Balaban J connectivity index is 1.70. The molecule has 1 amide bonds. The highest BCUT2D eigenvalue weighted by atomic mass is 16.2. The number of hydrogen-bond acceptors (Lipinski definition) is 3. The summed E-state index contributed by atoms with van der Waals surface area (Å²) in [6.45, 7) is 3.91. The number of likely N-dealkylation sites (tertiary alicyclic amines) is 1. The first-order chi connectivity index (χ1) is 9.75. The van der Waals surface area contributed by atoms with Crippen LogP contribution < -0.4 is 10.9 Å². The predicted molar refractivity (Wildman–Crippen MR) is 78.6 cm³/mol. The number of rotatable bonds is 5. The summed E-state index contributed by atoms with van der Waals surface area (Å²) in [5.74, 6) is -0.104. The molecule has 2 heterocycles. The van der Waals surface area contributed by atoms with Crippen molar-refractivity contribution in [2.24, 2.45) is 0 Å². The fraction of sp³-hybridized carbons (Fsp3) is 0.600. The summed E-state index contributed by atoms with van der Waals surface area (Å²) in [5.41, 5.74) is -0.143. The van der Waals surface area contributed by atoms with Crippen molar-refractivity contribution in [1.29, 1.82) is 0 Å². The second kappa shape index (κ2) is 7.85. The highest BCUT2D eigenvalue weighted by Crippen LogP contribution is 2.08. The molecule has 0 aliphatic carbocycles. The van der Waals surface area contributed by atoms with Gasteiger partial charge in [0.15, 0.2) is 0 Å². The molecule has 0 bridgehead atoms. The van der Waals surface area contributed by atoms with Gasteiger partial charge in [-0.3, -0.25) is 9.59 Å². The number of aromatic nitrogens is 1. The van der Waals surface area contributed by atoms with Crippen LogP contribution in [-0.4, -0.2) is 41.6 Å². The van der Waals surface area contributed by atoms with E-state index in [-0.39, 0.29) is 18.0 Å². The first kappa shape index (κ1) is 14.8. The SMILES string of the molecule is O=C(Cn1ccccc1=O)NCCN1CCCCCC1. The lowest BCUT2D eigenvalue weighted by molar-refractivity contribution is -0.121. The van der Waals surface area contributed by atoms with Crippen LogP contribution in [0.15, 0.2) is 29.2 Å². The minimum absolute atomic E-state index is 0.0969. The van der Waals surface area contributed by atoms with Gasteiger partial charge in [0.05, 0.1) is 0 Å². The molecule has 1 saturated heterocycles. The molecule has 1 aliphatic rings. The summed E-state index contributed by atoms with van der Waals surface area (Å²) in [5, 5.41) is 2.89. The Bertz CT molecular complexity index is 476. The molecule has 5 heteroatoms. The average molecular weight is 277 g/mol. The Hall–Kier alpha value is -1.62. The second-order valence-electron chi connectivity index (χ2n) is 5.27. The van der Waals surface area contributed by atoms with E-state index in [1.807, 2.05) is 0 Å². The van der Waals surface area contributed by atoms with Crippen molar-refractivity contribution in [3.63, 3.8) is 0 Å². The summed E-state index contributed by atoms with van der Waals surface area (Å²) in [6.07, 6.45) is 6.79. The van der Waals surface area contributed by atoms with Gasteiger partial charge in [-0.15, -0.1) is 0 Å². The summed E-state index contributed by atoms with van der Waals surface area (Å²) in [4.78, 5) is 25.7. The minimum atomic E-state index is -0.143. The molecular weight excluding hydrogens is 254 g/mol. The number of amides is 1. The highest BCUT2D eigenvalue weighted by Gasteiger charge is 2.09. The molecule has 110 valence electrons. The molecule has 1 aliphatic heterocycles. The van der Waals surface area contributed by atoms with Crippen LogP contribution in [0.4, 0.5) is 0 Å². The number of carbonyl (C=O) groups is 1. The van der Waals surface area contributed by atoms with Gasteiger partial charge >= 0.3 is 0 Å². The van der Waals surface area contributed by atoms with Crippen molar-refractivity contribution < 1.29 is 4.79 Å². The van der Waals surface area contributed by atoms with Crippen molar-refractivity contribution in [3.05, 3.63) is 34.7 Å². The zero-order chi connectivity index (χ0) is 14.2. The molecule has 0 spiro atoms. The first-order valence-electron chi connectivity index (χ1n) is 7.40. The third-order valence-corrected chi connectivity index (χ3v) is 3.66.